The monoisotopic (exact) mass is 310 g/mol. The summed E-state index contributed by atoms with van der Waals surface area (Å²) in [6.07, 6.45) is 10.9. The fraction of sp³-hybridized carbons (Fsp3) is 0.286. The topological polar surface area (TPSA) is 0 Å². The van der Waals surface area contributed by atoms with Crippen LogP contribution in [0.15, 0.2) is 48.6 Å². The van der Waals surface area contributed by atoms with E-state index in [0.717, 1.165) is 0 Å². The van der Waals surface area contributed by atoms with Crippen molar-refractivity contribution in [3.05, 3.63) is 54.1 Å². The van der Waals surface area contributed by atoms with Crippen LogP contribution in [0.3, 0.4) is 0 Å². The van der Waals surface area contributed by atoms with Crippen LogP contribution in [0.1, 0.15) is 24.8 Å². The molecule has 0 aromatic heterocycles. The smallest absolute Gasteiger partial charge is 0.0168 e. The van der Waals surface area contributed by atoms with E-state index in [1.165, 1.54) is 28.4 Å². The normalized spacial score (nSPS) is 21.7. The van der Waals surface area contributed by atoms with E-state index in [0.29, 0.717) is 5.92 Å². The fourth-order valence-electron chi connectivity index (χ4n) is 1.86. The number of halogens is 1. The minimum atomic E-state index is 0.644. The Bertz CT molecular complexity index is 362. The molecule has 0 N–H and O–H groups in total. The van der Waals surface area contributed by atoms with Crippen LogP contribution in [0.2, 0.25) is 0 Å². The molecule has 0 saturated heterocycles. The summed E-state index contributed by atoms with van der Waals surface area (Å²) in [5.41, 5.74) is 1.33. The Morgan fingerprint density at radius 3 is 2.73 bits per heavy atom. The van der Waals surface area contributed by atoms with Crippen molar-refractivity contribution >= 4 is 26.2 Å². The highest BCUT2D eigenvalue weighted by atomic mass is 127. The predicted molar refractivity (Wildman–Crippen MR) is 74.9 cm³/mol. The third kappa shape index (κ3) is 3.20. The maximum Gasteiger partial charge on any atom is 0.0168 e. The number of benzene rings is 1. The van der Waals surface area contributed by atoms with Gasteiger partial charge in [0.1, 0.15) is 0 Å². The number of allylic oxidation sites excluding steroid dienone is 3. The van der Waals surface area contributed by atoms with Gasteiger partial charge >= 0.3 is 0 Å². The molecule has 0 amide bonds. The molecule has 0 aliphatic heterocycles. The van der Waals surface area contributed by atoms with Crippen LogP contribution >= 0.6 is 22.6 Å². The maximum absolute atomic E-state index is 2.44. The lowest BCUT2D eigenvalue weighted by molar-refractivity contribution is 0.632. The fourth-order valence-corrected chi connectivity index (χ4v) is 2.68. The number of hydrogen-bond donors (Lipinski definition) is 0. The predicted octanol–water partition coefficient (Wildman–Crippen LogP) is 4.82. The van der Waals surface area contributed by atoms with Gasteiger partial charge in [0.05, 0.1) is 0 Å². The van der Waals surface area contributed by atoms with E-state index >= 15 is 0 Å². The summed E-state index contributed by atoms with van der Waals surface area (Å²) in [5.74, 6) is 0.644. The average Bonchev–Trinajstić information content (AvgIpc) is 2.31. The molecular formula is C14H15I. The highest BCUT2D eigenvalue weighted by Crippen LogP contribution is 2.27. The highest BCUT2D eigenvalue weighted by molar-refractivity contribution is 14.1. The van der Waals surface area contributed by atoms with Crippen molar-refractivity contribution < 1.29 is 0 Å². The zero-order chi connectivity index (χ0) is 10.5. The molecule has 1 heteroatoms. The molecule has 78 valence electrons. The van der Waals surface area contributed by atoms with Crippen LogP contribution in [-0.4, -0.2) is 0 Å². The van der Waals surface area contributed by atoms with Gasteiger partial charge in [-0.3, -0.25) is 0 Å². The highest BCUT2D eigenvalue weighted by Gasteiger charge is 2.06. The van der Waals surface area contributed by atoms with Gasteiger partial charge in [0, 0.05) is 3.58 Å². The van der Waals surface area contributed by atoms with E-state index in [1.54, 1.807) is 0 Å². The quantitative estimate of drug-likeness (QED) is 0.543. The van der Waals surface area contributed by atoms with Crippen molar-refractivity contribution in [1.29, 1.82) is 0 Å². The molecule has 0 nitrogen and oxygen atoms in total. The van der Waals surface area contributed by atoms with E-state index in [-0.39, 0.29) is 0 Å². The van der Waals surface area contributed by atoms with Crippen molar-refractivity contribution in [3.63, 3.8) is 0 Å². The van der Waals surface area contributed by atoms with Crippen LogP contribution in [0.4, 0.5) is 0 Å². The molecule has 0 bridgehead atoms. The van der Waals surface area contributed by atoms with Crippen LogP contribution in [0, 0.1) is 5.92 Å². The average molecular weight is 310 g/mol. The minimum Gasteiger partial charge on any atom is -0.0879 e. The summed E-state index contributed by atoms with van der Waals surface area (Å²) in [6.45, 7) is 0. The Morgan fingerprint density at radius 1 is 1.27 bits per heavy atom. The van der Waals surface area contributed by atoms with E-state index in [9.17, 15) is 0 Å². The van der Waals surface area contributed by atoms with Crippen LogP contribution < -0.4 is 0 Å². The maximum atomic E-state index is 2.44. The first kappa shape index (κ1) is 10.9. The molecule has 0 radical (unpaired) electrons. The lowest BCUT2D eigenvalue weighted by atomic mass is 9.95. The number of rotatable bonds is 2. The zero-order valence-electron chi connectivity index (χ0n) is 8.70. The van der Waals surface area contributed by atoms with Crippen molar-refractivity contribution in [3.8, 4) is 0 Å². The molecule has 15 heavy (non-hydrogen) atoms. The third-order valence-electron chi connectivity index (χ3n) is 2.70. The third-order valence-corrected chi connectivity index (χ3v) is 3.68. The Balaban J connectivity index is 2.13. The van der Waals surface area contributed by atoms with Gasteiger partial charge in [0.15, 0.2) is 0 Å². The van der Waals surface area contributed by atoms with Gasteiger partial charge in [-0.05, 0) is 53.3 Å². The standard InChI is InChI=1S/C14H15I/c15-14(13-9-5-2-6-10-13)11-12-7-3-1-4-8-12/h2-3,5-7,9-12H,1,4,8H2/b14-11+. The summed E-state index contributed by atoms with van der Waals surface area (Å²) in [7, 11) is 0. The van der Waals surface area contributed by atoms with E-state index in [4.69, 9.17) is 0 Å². The molecule has 1 unspecified atom stereocenters. The molecular weight excluding hydrogens is 295 g/mol. The molecule has 1 aromatic carbocycles. The van der Waals surface area contributed by atoms with E-state index in [1.807, 2.05) is 0 Å². The van der Waals surface area contributed by atoms with Gasteiger partial charge < -0.3 is 0 Å². The van der Waals surface area contributed by atoms with Crippen molar-refractivity contribution in [2.45, 2.75) is 19.3 Å². The molecule has 0 spiro atoms. The first-order chi connectivity index (χ1) is 7.36. The summed E-state index contributed by atoms with van der Waals surface area (Å²) < 4.78 is 1.37. The van der Waals surface area contributed by atoms with E-state index < -0.39 is 0 Å². The Hall–Kier alpha value is -0.570. The van der Waals surface area contributed by atoms with Crippen LogP contribution in [-0.2, 0) is 0 Å². The molecule has 0 saturated carbocycles. The second kappa shape index (κ2) is 5.50. The number of hydrogen-bond acceptors (Lipinski definition) is 0. The second-order valence-electron chi connectivity index (χ2n) is 3.90. The minimum absolute atomic E-state index is 0.644. The summed E-state index contributed by atoms with van der Waals surface area (Å²) >= 11 is 2.44. The largest absolute Gasteiger partial charge is 0.0879 e. The lowest BCUT2D eigenvalue weighted by Gasteiger charge is -2.12. The van der Waals surface area contributed by atoms with Crippen LogP contribution in [0.5, 0.6) is 0 Å². The molecule has 1 aromatic rings. The van der Waals surface area contributed by atoms with Gasteiger partial charge in [-0.1, -0.05) is 48.6 Å². The second-order valence-corrected chi connectivity index (χ2v) is 5.07. The molecule has 1 aliphatic rings. The Kier molecular flexibility index (Phi) is 4.01. The van der Waals surface area contributed by atoms with E-state index in [2.05, 4.69) is 71.2 Å². The van der Waals surface area contributed by atoms with Gasteiger partial charge in [0.2, 0.25) is 0 Å². The SMILES string of the molecule is I/C(=C/C1C=CCCC1)c1ccccc1. The molecule has 1 aliphatic carbocycles. The van der Waals surface area contributed by atoms with Crippen molar-refractivity contribution in [1.82, 2.24) is 0 Å². The molecule has 1 atom stereocenters. The van der Waals surface area contributed by atoms with Gasteiger partial charge in [0.25, 0.3) is 0 Å². The molecule has 0 fully saturated rings. The lowest BCUT2D eigenvalue weighted by Crippen LogP contribution is -1.96. The van der Waals surface area contributed by atoms with Crippen molar-refractivity contribution in [2.24, 2.45) is 5.92 Å². The molecule has 2 rings (SSSR count). The van der Waals surface area contributed by atoms with Gasteiger partial charge in [-0.25, -0.2) is 0 Å². The summed E-state index contributed by atoms with van der Waals surface area (Å²) in [6, 6.07) is 10.6. The first-order valence-electron chi connectivity index (χ1n) is 5.45. The Labute approximate surface area is 105 Å². The van der Waals surface area contributed by atoms with Gasteiger partial charge in [-0.2, -0.15) is 0 Å². The van der Waals surface area contributed by atoms with Gasteiger partial charge in [-0.15, -0.1) is 0 Å². The zero-order valence-corrected chi connectivity index (χ0v) is 10.9. The first-order valence-corrected chi connectivity index (χ1v) is 6.53. The van der Waals surface area contributed by atoms with Crippen molar-refractivity contribution in [2.75, 3.05) is 0 Å². The summed E-state index contributed by atoms with van der Waals surface area (Å²) in [4.78, 5) is 0. The van der Waals surface area contributed by atoms with Crippen LogP contribution in [0.25, 0.3) is 3.58 Å². The summed E-state index contributed by atoms with van der Waals surface area (Å²) in [5, 5.41) is 0. The molecule has 0 heterocycles. The Morgan fingerprint density at radius 2 is 2.07 bits per heavy atom.